The highest BCUT2D eigenvalue weighted by molar-refractivity contribution is 5.73. The van der Waals surface area contributed by atoms with Gasteiger partial charge in [-0.15, -0.1) is 0 Å². The molecule has 0 aliphatic carbocycles. The Morgan fingerprint density at radius 2 is 1.78 bits per heavy atom. The summed E-state index contributed by atoms with van der Waals surface area (Å²) in [4.78, 5) is 12.4. The number of rotatable bonds is 2. The van der Waals surface area contributed by atoms with Gasteiger partial charge >= 0.3 is 18.3 Å². The molecule has 1 aromatic rings. The lowest BCUT2D eigenvalue weighted by atomic mass is 9.88. The van der Waals surface area contributed by atoms with Crippen molar-refractivity contribution in [2.45, 2.75) is 36.7 Å². The van der Waals surface area contributed by atoms with E-state index in [0.717, 1.165) is 18.5 Å². The second-order valence-corrected chi connectivity index (χ2v) is 5.57. The normalized spacial score (nSPS) is 21.0. The lowest BCUT2D eigenvalue weighted by molar-refractivity contribution is -0.206. The highest BCUT2D eigenvalue weighted by Gasteiger charge is 2.44. The standard InChI is InChI=1S/C12H13F5N2O.C2HF3O2/c13-11(14)1-2-18-6-9(11)7-3-8(5-19-4-7)10(20)12(15,16)17;3-2(4,5)1(6)7/h3-5,9-10,18,20H,1-2,6H2;(H,6,7). The van der Waals surface area contributed by atoms with Gasteiger partial charge in [-0.25, -0.2) is 13.6 Å². The molecule has 0 amide bonds. The molecule has 2 unspecified atom stereocenters. The molecule has 13 heteroatoms. The molecule has 2 atom stereocenters. The van der Waals surface area contributed by atoms with Gasteiger partial charge in [0.05, 0.1) is 5.92 Å². The average Bonchev–Trinajstić information content (AvgIpc) is 2.52. The van der Waals surface area contributed by atoms with Crippen LogP contribution in [0.25, 0.3) is 0 Å². The fraction of sp³-hybridized carbons (Fsp3) is 0.571. The maximum absolute atomic E-state index is 13.8. The number of aliphatic hydroxyl groups is 1. The largest absolute Gasteiger partial charge is 0.490 e. The molecule has 0 spiro atoms. The summed E-state index contributed by atoms with van der Waals surface area (Å²) in [6.45, 7) is 0.113. The smallest absolute Gasteiger partial charge is 0.475 e. The Kier molecular flexibility index (Phi) is 7.11. The Morgan fingerprint density at radius 3 is 2.22 bits per heavy atom. The summed E-state index contributed by atoms with van der Waals surface area (Å²) >= 11 is 0. The van der Waals surface area contributed by atoms with Crippen molar-refractivity contribution < 1.29 is 50.1 Å². The maximum atomic E-state index is 13.8. The van der Waals surface area contributed by atoms with E-state index in [0.29, 0.717) is 0 Å². The van der Waals surface area contributed by atoms with E-state index in [4.69, 9.17) is 15.0 Å². The molecule has 0 aromatic carbocycles. The lowest BCUT2D eigenvalue weighted by Crippen LogP contribution is -2.43. The van der Waals surface area contributed by atoms with Crippen molar-refractivity contribution in [3.8, 4) is 0 Å². The molecule has 3 N–H and O–H groups in total. The molecule has 1 aliphatic rings. The average molecular weight is 410 g/mol. The Balaban J connectivity index is 0.000000445. The number of hydrogen-bond donors (Lipinski definition) is 3. The number of piperidine rings is 1. The maximum Gasteiger partial charge on any atom is 0.490 e. The summed E-state index contributed by atoms with van der Waals surface area (Å²) in [5.74, 6) is -7.01. The number of hydrogen-bond acceptors (Lipinski definition) is 4. The van der Waals surface area contributed by atoms with Crippen LogP contribution in [0.2, 0.25) is 0 Å². The summed E-state index contributed by atoms with van der Waals surface area (Å²) in [7, 11) is 0. The van der Waals surface area contributed by atoms with E-state index in [1.54, 1.807) is 0 Å². The Labute approximate surface area is 147 Å². The molecule has 0 bridgehead atoms. The second kappa shape index (κ2) is 8.33. The molecule has 5 nitrogen and oxygen atoms in total. The molecule has 1 aliphatic heterocycles. The predicted molar refractivity (Wildman–Crippen MR) is 74.1 cm³/mol. The number of nitrogens with zero attached hydrogens (tertiary/aromatic N) is 1. The van der Waals surface area contributed by atoms with Crippen molar-refractivity contribution in [1.82, 2.24) is 10.3 Å². The van der Waals surface area contributed by atoms with Crippen molar-refractivity contribution in [3.63, 3.8) is 0 Å². The first-order chi connectivity index (χ1) is 12.2. The van der Waals surface area contributed by atoms with Crippen LogP contribution in [0.1, 0.15) is 29.6 Å². The van der Waals surface area contributed by atoms with Crippen LogP contribution in [0.3, 0.4) is 0 Å². The first-order valence-electron chi connectivity index (χ1n) is 7.24. The first kappa shape index (κ1) is 23.0. The Morgan fingerprint density at radius 1 is 1.22 bits per heavy atom. The number of carboxylic acids is 1. The summed E-state index contributed by atoms with van der Waals surface area (Å²) in [6.07, 6.45) is -11.1. The van der Waals surface area contributed by atoms with E-state index >= 15 is 0 Å². The van der Waals surface area contributed by atoms with Crippen LogP contribution in [-0.2, 0) is 4.79 Å². The zero-order chi connectivity index (χ0) is 21.0. The molecule has 2 heterocycles. The van der Waals surface area contributed by atoms with Crippen LogP contribution in [-0.4, -0.2) is 52.5 Å². The van der Waals surface area contributed by atoms with Gasteiger partial charge in [-0.2, -0.15) is 26.3 Å². The number of carbonyl (C=O) groups is 1. The van der Waals surface area contributed by atoms with E-state index in [-0.39, 0.29) is 25.1 Å². The minimum absolute atomic E-state index is 0.0111. The molecule has 1 fully saturated rings. The van der Waals surface area contributed by atoms with Gasteiger partial charge in [0.1, 0.15) is 0 Å². The van der Waals surface area contributed by atoms with Gasteiger partial charge in [-0.3, -0.25) is 4.98 Å². The van der Waals surface area contributed by atoms with Crippen LogP contribution in [0.5, 0.6) is 0 Å². The third kappa shape index (κ3) is 6.57. The number of aromatic nitrogens is 1. The summed E-state index contributed by atoms with van der Waals surface area (Å²) in [5, 5.41) is 19.0. The van der Waals surface area contributed by atoms with Gasteiger partial charge in [-0.1, -0.05) is 0 Å². The van der Waals surface area contributed by atoms with E-state index in [1.165, 1.54) is 0 Å². The summed E-state index contributed by atoms with van der Waals surface area (Å²) < 4.78 is 96.5. The van der Waals surface area contributed by atoms with E-state index in [1.807, 2.05) is 0 Å². The van der Waals surface area contributed by atoms with Crippen LogP contribution in [0, 0.1) is 0 Å². The Hall–Kier alpha value is -2.02. The van der Waals surface area contributed by atoms with Crippen molar-refractivity contribution in [2.24, 2.45) is 0 Å². The highest BCUT2D eigenvalue weighted by atomic mass is 19.4. The van der Waals surface area contributed by atoms with E-state index in [9.17, 15) is 35.1 Å². The molecule has 0 saturated carbocycles. The van der Waals surface area contributed by atoms with E-state index < -0.39 is 41.8 Å². The molecule has 154 valence electrons. The fourth-order valence-corrected chi connectivity index (χ4v) is 2.19. The fourth-order valence-electron chi connectivity index (χ4n) is 2.19. The lowest BCUT2D eigenvalue weighted by Gasteiger charge is -2.32. The van der Waals surface area contributed by atoms with Gasteiger partial charge in [0.2, 0.25) is 0 Å². The summed E-state index contributed by atoms with van der Waals surface area (Å²) in [6, 6.07) is 0.941. The van der Waals surface area contributed by atoms with E-state index in [2.05, 4.69) is 10.3 Å². The van der Waals surface area contributed by atoms with Gasteiger partial charge < -0.3 is 15.5 Å². The number of alkyl halides is 8. The predicted octanol–water partition coefficient (Wildman–Crippen LogP) is 3.02. The van der Waals surface area contributed by atoms with Crippen molar-refractivity contribution in [2.75, 3.05) is 13.1 Å². The van der Waals surface area contributed by atoms with Crippen molar-refractivity contribution in [1.29, 1.82) is 0 Å². The van der Waals surface area contributed by atoms with Crippen molar-refractivity contribution >= 4 is 5.97 Å². The molecular weight excluding hydrogens is 396 g/mol. The highest BCUT2D eigenvalue weighted by Crippen LogP contribution is 2.39. The number of halogens is 8. The molecular formula is C14H14F8N2O3. The molecule has 0 radical (unpaired) electrons. The number of carboxylic acid groups (broad SMARTS) is 1. The van der Waals surface area contributed by atoms with Crippen LogP contribution < -0.4 is 5.32 Å². The topological polar surface area (TPSA) is 82.5 Å². The zero-order valence-corrected chi connectivity index (χ0v) is 13.3. The third-order valence-corrected chi connectivity index (χ3v) is 3.54. The SMILES string of the molecule is O=C(O)C(F)(F)F.OC(c1cncc(C2CNCCC2(F)F)c1)C(F)(F)F. The third-order valence-electron chi connectivity index (χ3n) is 3.54. The number of pyridine rings is 1. The molecule has 1 aromatic heterocycles. The molecule has 27 heavy (non-hydrogen) atoms. The van der Waals surface area contributed by atoms with Gasteiger partial charge in [0.25, 0.3) is 5.92 Å². The van der Waals surface area contributed by atoms with Gasteiger partial charge in [0, 0.05) is 37.5 Å². The summed E-state index contributed by atoms with van der Waals surface area (Å²) in [5.41, 5.74) is -0.542. The minimum Gasteiger partial charge on any atom is -0.475 e. The van der Waals surface area contributed by atoms with Gasteiger partial charge in [0.15, 0.2) is 6.10 Å². The minimum atomic E-state index is -5.08. The number of aliphatic hydroxyl groups excluding tert-OH is 1. The molecule has 2 rings (SSSR count). The second-order valence-electron chi connectivity index (χ2n) is 5.57. The monoisotopic (exact) mass is 410 g/mol. The van der Waals surface area contributed by atoms with Crippen LogP contribution >= 0.6 is 0 Å². The zero-order valence-electron chi connectivity index (χ0n) is 13.3. The Bertz CT molecular complexity index is 648. The van der Waals surface area contributed by atoms with Crippen molar-refractivity contribution in [3.05, 3.63) is 29.6 Å². The molecule has 1 saturated heterocycles. The number of nitrogens with one attached hydrogen (secondary N) is 1. The van der Waals surface area contributed by atoms with Crippen LogP contribution in [0.15, 0.2) is 18.5 Å². The van der Waals surface area contributed by atoms with Crippen LogP contribution in [0.4, 0.5) is 35.1 Å². The first-order valence-corrected chi connectivity index (χ1v) is 7.24. The number of aliphatic carboxylic acids is 1. The van der Waals surface area contributed by atoms with Gasteiger partial charge in [-0.05, 0) is 11.6 Å². The quantitative estimate of drug-likeness (QED) is 0.653.